The van der Waals surface area contributed by atoms with Crippen molar-refractivity contribution in [2.24, 2.45) is 0 Å². The number of likely N-dealkylation sites (N-methyl/N-ethyl adjacent to an activating group) is 1. The van der Waals surface area contributed by atoms with Crippen LogP contribution in [-0.4, -0.2) is 75.5 Å². The van der Waals surface area contributed by atoms with Gasteiger partial charge in [0.05, 0.1) is 40.3 Å². The van der Waals surface area contributed by atoms with Crippen LogP contribution in [0.25, 0.3) is 0 Å². The number of unbranched alkanes of at least 4 members (excludes halogenated alkanes) is 19. The highest BCUT2D eigenvalue weighted by Gasteiger charge is 2.25. The van der Waals surface area contributed by atoms with Crippen molar-refractivity contribution >= 4 is 17.9 Å². The molecular weight excluding hydrogens is 751 g/mol. The van der Waals surface area contributed by atoms with Gasteiger partial charge in [0.25, 0.3) is 0 Å². The van der Waals surface area contributed by atoms with Crippen LogP contribution in [0.5, 0.6) is 0 Å². The van der Waals surface area contributed by atoms with Crippen molar-refractivity contribution in [3.05, 3.63) is 72.9 Å². The molecule has 0 aliphatic rings. The van der Waals surface area contributed by atoms with Gasteiger partial charge in [0, 0.05) is 19.3 Å². The van der Waals surface area contributed by atoms with Gasteiger partial charge >= 0.3 is 11.9 Å². The van der Waals surface area contributed by atoms with Gasteiger partial charge in [-0.25, -0.2) is 0 Å². The zero-order valence-electron chi connectivity index (χ0n) is 39.1. The molecule has 0 aliphatic carbocycles. The largest absolute Gasteiger partial charge is 0.544 e. The first-order valence-corrected chi connectivity index (χ1v) is 24.0. The second-order valence-electron chi connectivity index (χ2n) is 17.1. The fourth-order valence-corrected chi connectivity index (χ4v) is 6.70. The van der Waals surface area contributed by atoms with E-state index < -0.39 is 18.1 Å². The number of hydrogen-bond acceptors (Lipinski definition) is 7. The van der Waals surface area contributed by atoms with Gasteiger partial charge in [-0.1, -0.05) is 177 Å². The summed E-state index contributed by atoms with van der Waals surface area (Å²) in [6.45, 7) is 4.47. The second kappa shape index (κ2) is 42.5. The fourth-order valence-electron chi connectivity index (χ4n) is 6.70. The first kappa shape index (κ1) is 56.8. The van der Waals surface area contributed by atoms with Gasteiger partial charge in [-0.05, 0) is 64.2 Å². The molecule has 2 atom stereocenters. The first-order chi connectivity index (χ1) is 29.1. The average Bonchev–Trinajstić information content (AvgIpc) is 3.21. The maximum atomic E-state index is 12.8. The quantitative estimate of drug-likeness (QED) is 0.0198. The lowest BCUT2D eigenvalue weighted by atomic mass is 10.1. The first-order valence-electron chi connectivity index (χ1n) is 24.0. The van der Waals surface area contributed by atoms with E-state index in [2.05, 4.69) is 50.3 Å². The van der Waals surface area contributed by atoms with Crippen LogP contribution in [0.3, 0.4) is 0 Å². The number of quaternary nitrogens is 1. The molecule has 0 N–H and O–H groups in total. The Morgan fingerprint density at radius 1 is 0.533 bits per heavy atom. The van der Waals surface area contributed by atoms with Gasteiger partial charge in [0.1, 0.15) is 12.6 Å². The fraction of sp³-hybridized carbons (Fsp3) is 0.712. The Hall–Kier alpha value is -3.23. The maximum absolute atomic E-state index is 12.8. The highest BCUT2D eigenvalue weighted by atomic mass is 16.6. The summed E-state index contributed by atoms with van der Waals surface area (Å²) in [5.74, 6) is -1.80. The van der Waals surface area contributed by atoms with E-state index in [0.29, 0.717) is 12.8 Å². The SMILES string of the molecule is CC/C=C/C=C/C=C/C=C/CCCCCC(=O)OCC(COCCC(C(=O)[O-])[N+](C)(C)C)OC(=O)CCCCCCCCC/C=C/C/C=C/CCCCCCCCCCC. The average molecular weight is 840 g/mol. The third-order valence-corrected chi connectivity index (χ3v) is 10.4. The minimum Gasteiger partial charge on any atom is -0.544 e. The molecule has 0 spiro atoms. The van der Waals surface area contributed by atoms with Crippen LogP contribution in [0.2, 0.25) is 0 Å². The lowest BCUT2D eigenvalue weighted by Crippen LogP contribution is -2.55. The van der Waals surface area contributed by atoms with Crippen LogP contribution in [0, 0.1) is 0 Å². The van der Waals surface area contributed by atoms with Crippen LogP contribution >= 0.6 is 0 Å². The molecule has 0 aromatic rings. The third kappa shape index (κ3) is 40.2. The molecule has 344 valence electrons. The van der Waals surface area contributed by atoms with E-state index in [4.69, 9.17) is 14.2 Å². The van der Waals surface area contributed by atoms with E-state index in [-0.39, 0.29) is 42.7 Å². The molecule has 0 fully saturated rings. The lowest BCUT2D eigenvalue weighted by molar-refractivity contribution is -0.889. The van der Waals surface area contributed by atoms with Gasteiger partial charge in [0.2, 0.25) is 0 Å². The van der Waals surface area contributed by atoms with Crippen molar-refractivity contribution in [3.63, 3.8) is 0 Å². The number of nitrogens with zero attached hydrogens (tertiary/aromatic N) is 1. The number of carbonyl (C=O) groups excluding carboxylic acids is 3. The van der Waals surface area contributed by atoms with Gasteiger partial charge in [-0.15, -0.1) is 0 Å². The molecular formula is C52H89NO7. The van der Waals surface area contributed by atoms with Crippen molar-refractivity contribution in [1.29, 1.82) is 0 Å². The summed E-state index contributed by atoms with van der Waals surface area (Å²) < 4.78 is 17.1. The zero-order valence-corrected chi connectivity index (χ0v) is 39.1. The van der Waals surface area contributed by atoms with Crippen LogP contribution < -0.4 is 5.11 Å². The summed E-state index contributed by atoms with van der Waals surface area (Å²) in [5, 5.41) is 11.6. The number of esters is 2. The van der Waals surface area contributed by atoms with Crippen molar-refractivity contribution < 1.29 is 38.2 Å². The normalized spacial score (nSPS) is 13.6. The number of aliphatic carboxylic acids is 1. The van der Waals surface area contributed by atoms with E-state index in [1.54, 1.807) is 21.1 Å². The topological polar surface area (TPSA) is 102 Å². The van der Waals surface area contributed by atoms with Crippen LogP contribution in [0.1, 0.15) is 187 Å². The zero-order chi connectivity index (χ0) is 44.2. The maximum Gasteiger partial charge on any atom is 0.306 e. The van der Waals surface area contributed by atoms with Crippen molar-refractivity contribution in [2.45, 2.75) is 199 Å². The molecule has 0 amide bonds. The minimum absolute atomic E-state index is 0.0211. The lowest BCUT2D eigenvalue weighted by Gasteiger charge is -2.34. The van der Waals surface area contributed by atoms with E-state index in [1.807, 2.05) is 36.5 Å². The Bertz CT molecular complexity index is 1210. The second-order valence-corrected chi connectivity index (χ2v) is 17.1. The smallest absolute Gasteiger partial charge is 0.306 e. The van der Waals surface area contributed by atoms with Gasteiger partial charge in [0.15, 0.2) is 6.10 Å². The van der Waals surface area contributed by atoms with E-state index in [0.717, 1.165) is 70.6 Å². The van der Waals surface area contributed by atoms with Crippen molar-refractivity contribution in [1.82, 2.24) is 0 Å². The molecule has 0 radical (unpaired) electrons. The van der Waals surface area contributed by atoms with Crippen molar-refractivity contribution in [3.8, 4) is 0 Å². The number of ether oxygens (including phenoxy) is 3. The van der Waals surface area contributed by atoms with Gasteiger partial charge in [-0.2, -0.15) is 0 Å². The number of carboxylic acids is 1. The Balaban J connectivity index is 4.31. The molecule has 0 aromatic heterocycles. The predicted molar refractivity (Wildman–Crippen MR) is 249 cm³/mol. The number of carboxylic acid groups (broad SMARTS) is 1. The standard InChI is InChI=1S/C52H89NO7/c1-6-8-10-12-14-16-18-20-21-22-23-24-25-26-27-28-29-31-33-35-37-39-41-43-51(55)60-48(46-58-45-44-49(52(56)57)53(3,4)5)47-59-50(54)42-40-38-36-34-32-30-19-17-15-13-11-9-7-2/h9,11,13,15,17,19,23-24,26-27,30,32,48-49H,6-8,10,12,14,16,18,20-22,25,28-29,31,33-47H2,1-5H3/b11-9+,15-13+,19-17+,24-23+,27-26+,32-30+. The van der Waals surface area contributed by atoms with E-state index in [1.165, 1.54) is 83.5 Å². The monoisotopic (exact) mass is 840 g/mol. The van der Waals surface area contributed by atoms with E-state index in [9.17, 15) is 19.5 Å². The number of hydrogen-bond donors (Lipinski definition) is 0. The third-order valence-electron chi connectivity index (χ3n) is 10.4. The summed E-state index contributed by atoms with van der Waals surface area (Å²) in [5.41, 5.74) is 0. The number of carbonyl (C=O) groups is 3. The van der Waals surface area contributed by atoms with Gasteiger partial charge in [-0.3, -0.25) is 9.59 Å². The number of rotatable bonds is 42. The molecule has 0 saturated carbocycles. The molecule has 2 unspecified atom stereocenters. The van der Waals surface area contributed by atoms with Crippen LogP contribution in [-0.2, 0) is 28.6 Å². The molecule has 60 heavy (non-hydrogen) atoms. The number of allylic oxidation sites excluding steroid dienone is 12. The Kier molecular flexibility index (Phi) is 40.2. The van der Waals surface area contributed by atoms with Crippen LogP contribution in [0.15, 0.2) is 72.9 Å². The van der Waals surface area contributed by atoms with Gasteiger partial charge < -0.3 is 28.6 Å². The van der Waals surface area contributed by atoms with Crippen LogP contribution in [0.4, 0.5) is 0 Å². The molecule has 0 rings (SSSR count). The molecule has 0 saturated heterocycles. The Morgan fingerprint density at radius 3 is 1.53 bits per heavy atom. The summed E-state index contributed by atoms with van der Waals surface area (Å²) in [6.07, 6.45) is 53.7. The molecule has 0 aliphatic heterocycles. The molecule has 8 nitrogen and oxygen atoms in total. The predicted octanol–water partition coefficient (Wildman–Crippen LogP) is 12.2. The summed E-state index contributed by atoms with van der Waals surface area (Å²) in [7, 11) is 5.39. The Labute approximate surface area is 368 Å². The summed E-state index contributed by atoms with van der Waals surface area (Å²) in [4.78, 5) is 36.9. The molecule has 0 bridgehead atoms. The highest BCUT2D eigenvalue weighted by molar-refractivity contribution is 5.70. The highest BCUT2D eigenvalue weighted by Crippen LogP contribution is 2.14. The summed E-state index contributed by atoms with van der Waals surface area (Å²) >= 11 is 0. The molecule has 0 heterocycles. The minimum atomic E-state index is -1.13. The Morgan fingerprint density at radius 2 is 1.00 bits per heavy atom. The van der Waals surface area contributed by atoms with E-state index >= 15 is 0 Å². The molecule has 0 aromatic carbocycles. The van der Waals surface area contributed by atoms with Crippen molar-refractivity contribution in [2.75, 3.05) is 41.0 Å². The molecule has 8 heteroatoms. The summed E-state index contributed by atoms with van der Waals surface area (Å²) in [6, 6.07) is -0.737.